The van der Waals surface area contributed by atoms with E-state index < -0.39 is 17.8 Å². The van der Waals surface area contributed by atoms with E-state index >= 15 is 0 Å². The zero-order valence-electron chi connectivity index (χ0n) is 20.3. The quantitative estimate of drug-likeness (QED) is 0.266. The predicted molar refractivity (Wildman–Crippen MR) is 144 cm³/mol. The van der Waals surface area contributed by atoms with Gasteiger partial charge in [-0.3, -0.25) is 14.9 Å². The summed E-state index contributed by atoms with van der Waals surface area (Å²) in [6, 6.07) is 19.6. The molecule has 0 aliphatic carbocycles. The summed E-state index contributed by atoms with van der Waals surface area (Å²) in [5.41, 5.74) is 3.68. The molecule has 0 spiro atoms. The average Bonchev–Trinajstić information content (AvgIpc) is 3.21. The van der Waals surface area contributed by atoms with Crippen LogP contribution in [-0.4, -0.2) is 29.0 Å². The summed E-state index contributed by atoms with van der Waals surface area (Å²) in [6.07, 6.45) is 3.40. The number of hydrogen-bond acceptors (Lipinski definition) is 4. The van der Waals surface area contributed by atoms with Crippen molar-refractivity contribution < 1.29 is 19.1 Å². The third-order valence-electron chi connectivity index (χ3n) is 6.22. The second-order valence-electron chi connectivity index (χ2n) is 8.85. The van der Waals surface area contributed by atoms with Gasteiger partial charge in [0.25, 0.3) is 11.8 Å². The monoisotopic (exact) mass is 513 g/mol. The minimum absolute atomic E-state index is 0.143. The second kappa shape index (κ2) is 9.95. The number of carbonyl (C=O) groups is 3. The first kappa shape index (κ1) is 24.3. The van der Waals surface area contributed by atoms with E-state index in [9.17, 15) is 14.4 Å². The van der Waals surface area contributed by atoms with Crippen molar-refractivity contribution in [2.24, 2.45) is 0 Å². The molecule has 5 rings (SSSR count). The molecular weight excluding hydrogens is 490 g/mol. The summed E-state index contributed by atoms with van der Waals surface area (Å²) in [4.78, 5) is 39.6. The van der Waals surface area contributed by atoms with Crippen LogP contribution in [-0.2, 0) is 16.1 Å². The molecule has 1 N–H and O–H groups in total. The Morgan fingerprint density at radius 2 is 1.78 bits per heavy atom. The van der Waals surface area contributed by atoms with Crippen LogP contribution in [0.5, 0.6) is 5.75 Å². The highest BCUT2D eigenvalue weighted by molar-refractivity contribution is 6.39. The zero-order valence-corrected chi connectivity index (χ0v) is 21.1. The summed E-state index contributed by atoms with van der Waals surface area (Å²) in [7, 11) is 0. The fraction of sp³-hybridized carbons (Fsp3) is 0.138. The predicted octanol–water partition coefficient (Wildman–Crippen LogP) is 5.66. The molecule has 3 aromatic carbocycles. The second-order valence-corrected chi connectivity index (χ2v) is 9.26. The van der Waals surface area contributed by atoms with Gasteiger partial charge >= 0.3 is 6.03 Å². The molecule has 2 heterocycles. The van der Waals surface area contributed by atoms with E-state index in [-0.39, 0.29) is 11.3 Å². The van der Waals surface area contributed by atoms with E-state index in [2.05, 4.69) is 5.32 Å². The van der Waals surface area contributed by atoms with Crippen molar-refractivity contribution in [1.29, 1.82) is 0 Å². The van der Waals surface area contributed by atoms with Crippen LogP contribution in [0.2, 0.25) is 5.02 Å². The lowest BCUT2D eigenvalue weighted by Crippen LogP contribution is -2.54. The maximum Gasteiger partial charge on any atom is 0.335 e. The van der Waals surface area contributed by atoms with E-state index in [1.54, 1.807) is 12.1 Å². The van der Waals surface area contributed by atoms with Crippen molar-refractivity contribution in [3.8, 4) is 5.75 Å². The van der Waals surface area contributed by atoms with E-state index in [0.717, 1.165) is 32.7 Å². The molecule has 7 nitrogen and oxygen atoms in total. The lowest BCUT2D eigenvalue weighted by molar-refractivity contribution is -0.122. The highest BCUT2D eigenvalue weighted by atomic mass is 35.5. The molecule has 0 saturated carbocycles. The highest BCUT2D eigenvalue weighted by Crippen LogP contribution is 2.29. The number of anilines is 1. The molecule has 0 atom stereocenters. The lowest BCUT2D eigenvalue weighted by atomic mass is 10.1. The van der Waals surface area contributed by atoms with Crippen molar-refractivity contribution >= 4 is 52.1 Å². The van der Waals surface area contributed by atoms with Crippen LogP contribution in [0.1, 0.15) is 16.7 Å². The molecule has 186 valence electrons. The number of amides is 4. The number of halogens is 1. The maximum atomic E-state index is 13.4. The van der Waals surface area contributed by atoms with Crippen LogP contribution in [0, 0.1) is 13.8 Å². The number of barbiturate groups is 1. The standard InChI is InChI=1S/C29H24ClN3O4/c1-18-6-5-7-22(14-18)37-13-12-32-17-20(23-8-3-4-9-26(23)32)15-24-27(34)31-29(36)33(28(24)35)21-11-10-19(2)25(30)16-21/h3-11,14-17H,12-13H2,1-2H3,(H,31,34,36)/b24-15-. The number of aryl methyl sites for hydroxylation is 2. The number of rotatable bonds is 6. The zero-order chi connectivity index (χ0) is 26.1. The molecule has 8 heteroatoms. The van der Waals surface area contributed by atoms with E-state index in [1.807, 2.05) is 73.1 Å². The molecule has 1 aliphatic rings. The molecule has 4 amide bonds. The first-order valence-electron chi connectivity index (χ1n) is 11.8. The number of urea groups is 1. The lowest BCUT2D eigenvalue weighted by Gasteiger charge is -2.26. The number of carbonyl (C=O) groups excluding carboxylic acids is 3. The summed E-state index contributed by atoms with van der Waals surface area (Å²) >= 11 is 6.22. The van der Waals surface area contributed by atoms with Crippen molar-refractivity contribution in [3.63, 3.8) is 0 Å². The van der Waals surface area contributed by atoms with Crippen LogP contribution < -0.4 is 15.0 Å². The van der Waals surface area contributed by atoms with Gasteiger partial charge in [-0.15, -0.1) is 0 Å². The van der Waals surface area contributed by atoms with E-state index in [1.165, 1.54) is 12.1 Å². The SMILES string of the molecule is Cc1cccc(OCCn2cc(/C=C3/C(=O)NC(=O)N(c4ccc(C)c(Cl)c4)C3=O)c3ccccc32)c1. The van der Waals surface area contributed by atoms with Gasteiger partial charge in [-0.25, -0.2) is 9.69 Å². The van der Waals surface area contributed by atoms with Gasteiger partial charge in [0.1, 0.15) is 17.9 Å². The van der Waals surface area contributed by atoms with Gasteiger partial charge in [-0.1, -0.05) is 48.0 Å². The molecular formula is C29H24ClN3O4. The number of imide groups is 2. The first-order valence-corrected chi connectivity index (χ1v) is 12.1. The van der Waals surface area contributed by atoms with Gasteiger partial charge in [0.2, 0.25) is 0 Å². The Morgan fingerprint density at radius 3 is 2.57 bits per heavy atom. The number of fused-ring (bicyclic) bond motifs is 1. The summed E-state index contributed by atoms with van der Waals surface area (Å²) in [6.45, 7) is 4.83. The molecule has 1 saturated heterocycles. The molecule has 4 aromatic rings. The van der Waals surface area contributed by atoms with Crippen LogP contribution >= 0.6 is 11.6 Å². The molecule has 0 unspecified atom stereocenters. The van der Waals surface area contributed by atoms with Gasteiger partial charge in [0.15, 0.2) is 0 Å². The fourth-order valence-electron chi connectivity index (χ4n) is 4.31. The number of hydrogen-bond donors (Lipinski definition) is 1. The van der Waals surface area contributed by atoms with Gasteiger partial charge in [0.05, 0.1) is 12.2 Å². The molecule has 1 aromatic heterocycles. The van der Waals surface area contributed by atoms with Crippen molar-refractivity contribution in [3.05, 3.63) is 100 Å². The van der Waals surface area contributed by atoms with Gasteiger partial charge in [-0.2, -0.15) is 0 Å². The normalized spacial score (nSPS) is 14.9. The number of benzene rings is 3. The summed E-state index contributed by atoms with van der Waals surface area (Å²) in [5, 5.41) is 3.55. The third kappa shape index (κ3) is 4.86. The largest absolute Gasteiger partial charge is 0.492 e. The Balaban J connectivity index is 1.46. The molecule has 1 aliphatic heterocycles. The topological polar surface area (TPSA) is 80.6 Å². The number of nitrogens with one attached hydrogen (secondary N) is 1. The van der Waals surface area contributed by atoms with Gasteiger partial charge < -0.3 is 9.30 Å². The molecule has 0 radical (unpaired) electrons. The Kier molecular flexibility index (Phi) is 6.54. The highest BCUT2D eigenvalue weighted by Gasteiger charge is 2.37. The van der Waals surface area contributed by atoms with Crippen molar-refractivity contribution in [2.75, 3.05) is 11.5 Å². The fourth-order valence-corrected chi connectivity index (χ4v) is 4.49. The van der Waals surface area contributed by atoms with E-state index in [0.29, 0.717) is 23.7 Å². The molecule has 37 heavy (non-hydrogen) atoms. The maximum absolute atomic E-state index is 13.4. The Labute approximate surface area is 218 Å². The molecule has 0 bridgehead atoms. The van der Waals surface area contributed by atoms with Crippen LogP contribution in [0.3, 0.4) is 0 Å². The average molecular weight is 514 g/mol. The molecule has 1 fully saturated rings. The van der Waals surface area contributed by atoms with Crippen LogP contribution in [0.15, 0.2) is 78.5 Å². The van der Waals surface area contributed by atoms with Crippen molar-refractivity contribution in [1.82, 2.24) is 9.88 Å². The smallest absolute Gasteiger partial charge is 0.335 e. The van der Waals surface area contributed by atoms with Crippen molar-refractivity contribution in [2.45, 2.75) is 20.4 Å². The Morgan fingerprint density at radius 1 is 0.973 bits per heavy atom. The number of aromatic nitrogens is 1. The summed E-state index contributed by atoms with van der Waals surface area (Å²) < 4.78 is 7.94. The first-order chi connectivity index (χ1) is 17.8. The Hall–Kier alpha value is -4.36. The van der Waals surface area contributed by atoms with E-state index in [4.69, 9.17) is 16.3 Å². The Bertz CT molecular complexity index is 1590. The minimum Gasteiger partial charge on any atom is -0.492 e. The minimum atomic E-state index is -0.817. The third-order valence-corrected chi connectivity index (χ3v) is 6.63. The van der Waals surface area contributed by atoms with Crippen LogP contribution in [0.25, 0.3) is 17.0 Å². The van der Waals surface area contributed by atoms with Gasteiger partial charge in [0, 0.05) is 27.7 Å². The summed E-state index contributed by atoms with van der Waals surface area (Å²) in [5.74, 6) is -0.665. The number of nitrogens with zero attached hydrogens (tertiary/aromatic N) is 2. The van der Waals surface area contributed by atoms with Crippen LogP contribution in [0.4, 0.5) is 10.5 Å². The number of ether oxygens (including phenoxy) is 1. The van der Waals surface area contributed by atoms with Gasteiger partial charge in [-0.05, 0) is 61.4 Å². The number of para-hydroxylation sites is 1.